The average molecular weight is 444 g/mol. The minimum atomic E-state index is -1.90. The molecule has 31 heavy (non-hydrogen) atoms. The second-order valence-electron chi connectivity index (χ2n) is 12.2. The van der Waals surface area contributed by atoms with Crippen molar-refractivity contribution >= 4 is 15.4 Å². The monoisotopic (exact) mass is 444 g/mol. The summed E-state index contributed by atoms with van der Waals surface area (Å²) in [4.78, 5) is 0. The van der Waals surface area contributed by atoms with Gasteiger partial charge in [0.05, 0.1) is 24.9 Å². The van der Waals surface area contributed by atoms with E-state index in [2.05, 4.69) is 66.8 Å². The second kappa shape index (κ2) is 7.98. The van der Waals surface area contributed by atoms with Gasteiger partial charge in [-0.3, -0.25) is 0 Å². The standard InChI is InChI=1S/C25H41BO4Si/c1-23(2,3)31(7,8)28-17-22(27-16-18-12-10-9-11-13-18)26-29-21-15-19-14-20(24(19,4)5)25(21,6)30-26/h9-13,19-22H,14-17H2,1-8H3/t19-,20-,21+,22+,25-/m0/s1. The van der Waals surface area contributed by atoms with Gasteiger partial charge < -0.3 is 18.5 Å². The molecule has 2 bridgehead atoms. The molecule has 0 spiro atoms. The molecule has 3 aliphatic carbocycles. The third kappa shape index (κ3) is 4.19. The van der Waals surface area contributed by atoms with Crippen molar-refractivity contribution in [2.45, 2.75) is 96.8 Å². The van der Waals surface area contributed by atoms with Crippen molar-refractivity contribution in [3.05, 3.63) is 35.9 Å². The zero-order chi connectivity index (χ0) is 22.7. The smallest absolute Gasteiger partial charge is 0.415 e. The van der Waals surface area contributed by atoms with Crippen molar-refractivity contribution in [3.8, 4) is 0 Å². The van der Waals surface area contributed by atoms with Crippen LogP contribution in [-0.2, 0) is 25.1 Å². The summed E-state index contributed by atoms with van der Waals surface area (Å²) >= 11 is 0. The summed E-state index contributed by atoms with van der Waals surface area (Å²) in [5, 5.41) is 0.152. The fourth-order valence-electron chi connectivity index (χ4n) is 5.55. The molecule has 5 rings (SSSR count). The molecule has 3 saturated carbocycles. The normalized spacial score (nSPS) is 33.0. The number of benzene rings is 1. The summed E-state index contributed by atoms with van der Waals surface area (Å²) in [5.41, 5.74) is 1.26. The van der Waals surface area contributed by atoms with Gasteiger partial charge in [-0.2, -0.15) is 0 Å². The zero-order valence-electron chi connectivity index (χ0n) is 20.7. The molecule has 4 aliphatic rings. The van der Waals surface area contributed by atoms with Crippen LogP contribution in [0.2, 0.25) is 18.1 Å². The summed E-state index contributed by atoms with van der Waals surface area (Å²) in [6.45, 7) is 19.5. The Morgan fingerprint density at radius 1 is 1.13 bits per heavy atom. The maximum absolute atomic E-state index is 6.73. The van der Waals surface area contributed by atoms with Crippen LogP contribution in [0.5, 0.6) is 0 Å². The van der Waals surface area contributed by atoms with Gasteiger partial charge in [0, 0.05) is 0 Å². The van der Waals surface area contributed by atoms with E-state index in [1.54, 1.807) is 0 Å². The topological polar surface area (TPSA) is 36.9 Å². The largest absolute Gasteiger partial charge is 0.491 e. The number of ether oxygens (including phenoxy) is 1. The average Bonchev–Trinajstić information content (AvgIpc) is 3.04. The summed E-state index contributed by atoms with van der Waals surface area (Å²) in [6.07, 6.45) is 2.50. The lowest BCUT2D eigenvalue weighted by Crippen LogP contribution is -2.65. The molecule has 4 fully saturated rings. The van der Waals surface area contributed by atoms with E-state index in [0.29, 0.717) is 24.5 Å². The second-order valence-corrected chi connectivity index (χ2v) is 17.1. The van der Waals surface area contributed by atoms with Gasteiger partial charge >= 0.3 is 7.12 Å². The molecule has 1 heterocycles. The maximum atomic E-state index is 6.73. The highest BCUT2D eigenvalue weighted by Crippen LogP contribution is 2.65. The molecule has 0 N–H and O–H groups in total. The molecular weight excluding hydrogens is 403 g/mol. The van der Waals surface area contributed by atoms with Gasteiger partial charge in [-0.05, 0) is 60.7 Å². The van der Waals surface area contributed by atoms with Crippen LogP contribution in [0.3, 0.4) is 0 Å². The molecule has 6 heteroatoms. The maximum Gasteiger partial charge on any atom is 0.491 e. The molecule has 1 saturated heterocycles. The van der Waals surface area contributed by atoms with E-state index < -0.39 is 8.32 Å². The van der Waals surface area contributed by atoms with Gasteiger partial charge in [0.25, 0.3) is 0 Å². The van der Waals surface area contributed by atoms with E-state index in [0.717, 1.165) is 17.9 Å². The lowest BCUT2D eigenvalue weighted by molar-refractivity contribution is -0.199. The molecule has 0 aromatic heterocycles. The van der Waals surface area contributed by atoms with Crippen LogP contribution in [0.15, 0.2) is 30.3 Å². The van der Waals surface area contributed by atoms with Crippen LogP contribution >= 0.6 is 0 Å². The predicted molar refractivity (Wildman–Crippen MR) is 128 cm³/mol. The number of hydrogen-bond acceptors (Lipinski definition) is 4. The van der Waals surface area contributed by atoms with Gasteiger partial charge in [0.1, 0.15) is 6.00 Å². The highest BCUT2D eigenvalue weighted by atomic mass is 28.4. The molecule has 4 nitrogen and oxygen atoms in total. The lowest BCUT2D eigenvalue weighted by Gasteiger charge is -2.64. The fourth-order valence-corrected chi connectivity index (χ4v) is 6.56. The molecule has 0 unspecified atom stereocenters. The minimum Gasteiger partial charge on any atom is -0.415 e. The Morgan fingerprint density at radius 2 is 1.81 bits per heavy atom. The van der Waals surface area contributed by atoms with Crippen LogP contribution < -0.4 is 0 Å². The quantitative estimate of drug-likeness (QED) is 0.494. The molecule has 1 aromatic carbocycles. The van der Waals surface area contributed by atoms with Crippen molar-refractivity contribution in [1.82, 2.24) is 0 Å². The van der Waals surface area contributed by atoms with Crippen molar-refractivity contribution in [2.24, 2.45) is 17.3 Å². The van der Waals surface area contributed by atoms with E-state index >= 15 is 0 Å². The first kappa shape index (κ1) is 23.5. The molecule has 1 aromatic rings. The Balaban J connectivity index is 1.49. The van der Waals surface area contributed by atoms with Gasteiger partial charge in [0.15, 0.2) is 8.32 Å². The summed E-state index contributed by atoms with van der Waals surface area (Å²) in [7, 11) is -2.28. The van der Waals surface area contributed by atoms with Crippen molar-refractivity contribution in [1.29, 1.82) is 0 Å². The fraction of sp³-hybridized carbons (Fsp3) is 0.760. The zero-order valence-corrected chi connectivity index (χ0v) is 21.7. The van der Waals surface area contributed by atoms with E-state index in [9.17, 15) is 0 Å². The summed E-state index contributed by atoms with van der Waals surface area (Å²) in [5.74, 6) is 1.29. The van der Waals surface area contributed by atoms with Gasteiger partial charge in [0.2, 0.25) is 0 Å². The third-order valence-electron chi connectivity index (χ3n) is 8.99. The third-order valence-corrected chi connectivity index (χ3v) is 13.5. The highest BCUT2D eigenvalue weighted by Gasteiger charge is 2.68. The van der Waals surface area contributed by atoms with Crippen molar-refractivity contribution in [2.75, 3.05) is 6.61 Å². The molecule has 0 amide bonds. The molecular formula is C25H41BO4Si. The first-order chi connectivity index (χ1) is 14.3. The summed E-state index contributed by atoms with van der Waals surface area (Å²) in [6, 6.07) is 10.1. The molecule has 1 aliphatic heterocycles. The van der Waals surface area contributed by atoms with Gasteiger partial charge in [-0.15, -0.1) is 0 Å². The Labute approximate surface area is 190 Å². The number of hydrogen-bond donors (Lipinski definition) is 0. The van der Waals surface area contributed by atoms with Crippen molar-refractivity contribution < 1.29 is 18.5 Å². The SMILES string of the molecule is CC1(C)[C@@H]2C[C@H]3OB([C@@H](CO[Si](C)(C)C(C)(C)C)OCc4ccccc4)O[C@@]3(C)[C@H]1C2. The molecule has 172 valence electrons. The number of rotatable bonds is 7. The predicted octanol–water partition coefficient (Wildman–Crippen LogP) is 5.86. The Morgan fingerprint density at radius 3 is 2.42 bits per heavy atom. The van der Waals surface area contributed by atoms with Crippen LogP contribution in [-0.4, -0.2) is 39.8 Å². The van der Waals surface area contributed by atoms with Gasteiger partial charge in [-0.25, -0.2) is 0 Å². The molecule has 0 radical (unpaired) electrons. The van der Waals surface area contributed by atoms with Crippen LogP contribution in [0.4, 0.5) is 0 Å². The van der Waals surface area contributed by atoms with E-state index in [-0.39, 0.29) is 29.9 Å². The first-order valence-electron chi connectivity index (χ1n) is 12.0. The minimum absolute atomic E-state index is 0.152. The van der Waals surface area contributed by atoms with E-state index in [1.165, 1.54) is 6.42 Å². The lowest BCUT2D eigenvalue weighted by atomic mass is 9.43. The first-order valence-corrected chi connectivity index (χ1v) is 14.9. The van der Waals surface area contributed by atoms with Crippen LogP contribution in [0.25, 0.3) is 0 Å². The van der Waals surface area contributed by atoms with E-state index in [1.807, 2.05) is 18.2 Å². The van der Waals surface area contributed by atoms with Gasteiger partial charge in [-0.1, -0.05) is 65.0 Å². The highest BCUT2D eigenvalue weighted by molar-refractivity contribution is 6.74. The van der Waals surface area contributed by atoms with Crippen LogP contribution in [0, 0.1) is 17.3 Å². The molecule has 5 atom stereocenters. The van der Waals surface area contributed by atoms with Crippen LogP contribution in [0.1, 0.15) is 59.9 Å². The Kier molecular flexibility index (Phi) is 6.05. The Hall–Kier alpha value is -0.658. The Bertz CT molecular complexity index is 777. The van der Waals surface area contributed by atoms with Crippen molar-refractivity contribution in [3.63, 3.8) is 0 Å². The van der Waals surface area contributed by atoms with E-state index in [4.69, 9.17) is 18.5 Å². The summed E-state index contributed by atoms with van der Waals surface area (Å²) < 4.78 is 26.3.